The summed E-state index contributed by atoms with van der Waals surface area (Å²) in [6.45, 7) is 1.54. The summed E-state index contributed by atoms with van der Waals surface area (Å²) in [6.07, 6.45) is 4.78. The number of nitrogens with zero attached hydrogens (tertiary/aromatic N) is 2. The highest BCUT2D eigenvalue weighted by molar-refractivity contribution is 5.87. The van der Waals surface area contributed by atoms with Gasteiger partial charge in [-0.25, -0.2) is 0 Å². The Kier molecular flexibility index (Phi) is 5.11. The minimum absolute atomic E-state index is 0.0301. The number of aliphatic carboxylic acids is 1. The first kappa shape index (κ1) is 18.0. The van der Waals surface area contributed by atoms with E-state index in [0.717, 1.165) is 36.0 Å². The van der Waals surface area contributed by atoms with Gasteiger partial charge in [-0.1, -0.05) is 18.2 Å². The van der Waals surface area contributed by atoms with Crippen LogP contribution >= 0.6 is 0 Å². The van der Waals surface area contributed by atoms with E-state index in [-0.39, 0.29) is 30.8 Å². The van der Waals surface area contributed by atoms with Crippen molar-refractivity contribution in [3.8, 4) is 0 Å². The number of hydrogen-bond donors (Lipinski definition) is 3. The molecule has 2 atom stereocenters. The summed E-state index contributed by atoms with van der Waals surface area (Å²) in [5.41, 5.74) is 1.69. The fraction of sp³-hybridized carbons (Fsp3) is 0.550. The van der Waals surface area contributed by atoms with Gasteiger partial charge in [-0.3, -0.25) is 19.6 Å². The second-order valence-corrected chi connectivity index (χ2v) is 7.82. The molecule has 1 aliphatic carbocycles. The quantitative estimate of drug-likeness (QED) is 0.660. The van der Waals surface area contributed by atoms with Crippen LogP contribution in [0.2, 0.25) is 0 Å². The smallest absolute Gasteiger partial charge is 0.304 e. The molecule has 3 N–H and O–H groups in total. The summed E-state index contributed by atoms with van der Waals surface area (Å²) < 4.78 is 0. The van der Waals surface area contributed by atoms with Gasteiger partial charge in [0.1, 0.15) is 0 Å². The van der Waals surface area contributed by atoms with Crippen molar-refractivity contribution in [2.75, 3.05) is 13.1 Å². The standard InChI is InChI=1S/C20H26N4O3/c25-19(10-18-16-3-1-2-4-17(16)22-23-18)21-11-15-8-7-14(9-20(26)27)24(15)12-13-5-6-13/h1-4,13-15H,5-12H2,(H,21,25)(H,22,23)(H,26,27)/t14-,15+/m1/s1. The lowest BCUT2D eigenvalue weighted by atomic mass is 10.1. The minimum Gasteiger partial charge on any atom is -0.481 e. The molecule has 7 nitrogen and oxygen atoms in total. The number of rotatable bonds is 8. The van der Waals surface area contributed by atoms with Crippen molar-refractivity contribution in [1.82, 2.24) is 20.4 Å². The number of para-hydroxylation sites is 1. The van der Waals surface area contributed by atoms with Crippen molar-refractivity contribution < 1.29 is 14.7 Å². The van der Waals surface area contributed by atoms with Crippen LogP contribution in [-0.2, 0) is 16.0 Å². The van der Waals surface area contributed by atoms with E-state index >= 15 is 0 Å². The monoisotopic (exact) mass is 370 g/mol. The zero-order valence-corrected chi connectivity index (χ0v) is 15.4. The van der Waals surface area contributed by atoms with Crippen molar-refractivity contribution in [2.24, 2.45) is 5.92 Å². The lowest BCUT2D eigenvalue weighted by Crippen LogP contribution is -2.45. The molecule has 2 fully saturated rings. The van der Waals surface area contributed by atoms with Crippen LogP contribution in [0.1, 0.15) is 37.8 Å². The van der Waals surface area contributed by atoms with Gasteiger partial charge in [0.25, 0.3) is 0 Å². The zero-order valence-electron chi connectivity index (χ0n) is 15.4. The van der Waals surface area contributed by atoms with E-state index in [1.54, 1.807) is 0 Å². The average molecular weight is 370 g/mol. The van der Waals surface area contributed by atoms with E-state index in [0.29, 0.717) is 12.5 Å². The molecular formula is C20H26N4O3. The number of carboxylic acids is 1. The Bertz CT molecular complexity index is 829. The van der Waals surface area contributed by atoms with E-state index in [1.165, 1.54) is 12.8 Å². The van der Waals surface area contributed by atoms with E-state index in [2.05, 4.69) is 20.4 Å². The van der Waals surface area contributed by atoms with Crippen LogP contribution in [-0.4, -0.2) is 57.3 Å². The number of fused-ring (bicyclic) bond motifs is 1. The number of H-pyrrole nitrogens is 1. The van der Waals surface area contributed by atoms with Gasteiger partial charge in [0.2, 0.25) is 5.91 Å². The third-order valence-electron chi connectivity index (χ3n) is 5.76. The molecule has 0 bridgehead atoms. The molecule has 2 aromatic rings. The maximum absolute atomic E-state index is 12.4. The van der Waals surface area contributed by atoms with Crippen molar-refractivity contribution in [3.63, 3.8) is 0 Å². The Morgan fingerprint density at radius 1 is 1.19 bits per heavy atom. The topological polar surface area (TPSA) is 98.3 Å². The first-order valence-corrected chi connectivity index (χ1v) is 9.76. The molecule has 1 saturated heterocycles. The third-order valence-corrected chi connectivity index (χ3v) is 5.76. The van der Waals surface area contributed by atoms with Crippen LogP contribution < -0.4 is 5.32 Å². The number of likely N-dealkylation sites (tertiary alicyclic amines) is 1. The highest BCUT2D eigenvalue weighted by atomic mass is 16.4. The third kappa shape index (κ3) is 4.30. The number of carboxylic acid groups (broad SMARTS) is 1. The molecule has 144 valence electrons. The number of aromatic amines is 1. The fourth-order valence-electron chi connectivity index (χ4n) is 4.16. The fourth-order valence-corrected chi connectivity index (χ4v) is 4.16. The number of hydrogen-bond acceptors (Lipinski definition) is 4. The Morgan fingerprint density at radius 2 is 1.96 bits per heavy atom. The summed E-state index contributed by atoms with van der Waals surface area (Å²) in [5.74, 6) is -0.0666. The lowest BCUT2D eigenvalue weighted by molar-refractivity contribution is -0.138. The molecule has 27 heavy (non-hydrogen) atoms. The number of amides is 1. The van der Waals surface area contributed by atoms with Crippen molar-refractivity contribution in [3.05, 3.63) is 30.0 Å². The van der Waals surface area contributed by atoms with Crippen LogP contribution in [0.4, 0.5) is 0 Å². The van der Waals surface area contributed by atoms with Gasteiger partial charge in [-0.05, 0) is 37.7 Å². The maximum atomic E-state index is 12.4. The molecule has 0 spiro atoms. The molecule has 1 aromatic carbocycles. The van der Waals surface area contributed by atoms with Gasteiger partial charge in [-0.15, -0.1) is 0 Å². The molecule has 1 amide bonds. The minimum atomic E-state index is -0.739. The molecule has 2 aliphatic rings. The second-order valence-electron chi connectivity index (χ2n) is 7.82. The largest absolute Gasteiger partial charge is 0.481 e. The van der Waals surface area contributed by atoms with Crippen LogP contribution in [0.25, 0.3) is 10.9 Å². The highest BCUT2D eigenvalue weighted by Gasteiger charge is 2.37. The Balaban J connectivity index is 1.34. The summed E-state index contributed by atoms with van der Waals surface area (Å²) in [5, 5.41) is 20.4. The predicted molar refractivity (Wildman–Crippen MR) is 101 cm³/mol. The van der Waals surface area contributed by atoms with Gasteiger partial charge in [0, 0.05) is 30.6 Å². The van der Waals surface area contributed by atoms with Crippen LogP contribution in [0.15, 0.2) is 24.3 Å². The molecule has 1 aromatic heterocycles. The Hall–Kier alpha value is -2.41. The second kappa shape index (κ2) is 7.68. The summed E-state index contributed by atoms with van der Waals surface area (Å²) in [7, 11) is 0. The SMILES string of the molecule is O=C(O)C[C@H]1CC[C@@H](CNC(=O)Cc2[nH]nc3ccccc23)N1CC1CC1. The number of carbonyl (C=O) groups excluding carboxylic acids is 1. The normalized spacial score (nSPS) is 23.0. The van der Waals surface area contributed by atoms with Gasteiger partial charge in [-0.2, -0.15) is 5.10 Å². The molecule has 7 heteroatoms. The van der Waals surface area contributed by atoms with Crippen molar-refractivity contribution in [1.29, 1.82) is 0 Å². The molecule has 1 saturated carbocycles. The summed E-state index contributed by atoms with van der Waals surface area (Å²) in [6, 6.07) is 8.08. The van der Waals surface area contributed by atoms with E-state index in [9.17, 15) is 14.7 Å². The van der Waals surface area contributed by atoms with E-state index < -0.39 is 5.97 Å². The Labute approximate surface area is 158 Å². The molecule has 2 heterocycles. The summed E-state index contributed by atoms with van der Waals surface area (Å²) in [4.78, 5) is 25.9. The first-order chi connectivity index (χ1) is 13.1. The van der Waals surface area contributed by atoms with Crippen LogP contribution in [0.3, 0.4) is 0 Å². The highest BCUT2D eigenvalue weighted by Crippen LogP contribution is 2.35. The number of aromatic nitrogens is 2. The zero-order chi connectivity index (χ0) is 18.8. The molecule has 0 radical (unpaired) electrons. The van der Waals surface area contributed by atoms with Gasteiger partial charge in [0.15, 0.2) is 0 Å². The average Bonchev–Trinajstić information content (AvgIpc) is 3.27. The molecular weight excluding hydrogens is 344 g/mol. The van der Waals surface area contributed by atoms with E-state index in [1.807, 2.05) is 24.3 Å². The maximum Gasteiger partial charge on any atom is 0.304 e. The van der Waals surface area contributed by atoms with Gasteiger partial charge in [0.05, 0.1) is 24.1 Å². The number of nitrogens with one attached hydrogen (secondary N) is 2. The summed E-state index contributed by atoms with van der Waals surface area (Å²) >= 11 is 0. The first-order valence-electron chi connectivity index (χ1n) is 9.76. The van der Waals surface area contributed by atoms with Gasteiger partial charge >= 0.3 is 5.97 Å². The van der Waals surface area contributed by atoms with Crippen LogP contribution in [0.5, 0.6) is 0 Å². The molecule has 1 aliphatic heterocycles. The molecule has 0 unspecified atom stereocenters. The Morgan fingerprint density at radius 3 is 2.74 bits per heavy atom. The molecule has 4 rings (SSSR count). The number of carbonyl (C=O) groups is 2. The van der Waals surface area contributed by atoms with Crippen molar-refractivity contribution >= 4 is 22.8 Å². The lowest BCUT2D eigenvalue weighted by Gasteiger charge is -2.29. The number of benzene rings is 1. The van der Waals surface area contributed by atoms with Gasteiger partial charge < -0.3 is 10.4 Å². The van der Waals surface area contributed by atoms with Crippen molar-refractivity contribution in [2.45, 2.75) is 50.6 Å². The van der Waals surface area contributed by atoms with E-state index in [4.69, 9.17) is 0 Å². The van der Waals surface area contributed by atoms with Crippen LogP contribution in [0, 0.1) is 5.92 Å². The predicted octanol–water partition coefficient (Wildman–Crippen LogP) is 1.94.